The van der Waals surface area contributed by atoms with Crippen molar-refractivity contribution in [1.82, 2.24) is 25.2 Å². The molecule has 2 rings (SSSR count). The molecule has 9 heteroatoms. The van der Waals surface area contributed by atoms with Gasteiger partial charge in [-0.1, -0.05) is 46.8 Å². The zero-order valence-corrected chi connectivity index (χ0v) is 18.5. The van der Waals surface area contributed by atoms with Crippen LogP contribution < -0.4 is 5.32 Å². The molecule has 0 saturated carbocycles. The van der Waals surface area contributed by atoms with Gasteiger partial charge in [0.1, 0.15) is 12.1 Å². The monoisotopic (exact) mass is 409 g/mol. The Morgan fingerprint density at radius 3 is 2.38 bits per heavy atom. The van der Waals surface area contributed by atoms with Crippen LogP contribution in [0.2, 0.25) is 0 Å². The van der Waals surface area contributed by atoms with Crippen molar-refractivity contribution < 1.29 is 19.8 Å². The Morgan fingerprint density at radius 1 is 1.24 bits per heavy atom. The van der Waals surface area contributed by atoms with Gasteiger partial charge in [0.2, 0.25) is 11.8 Å². The summed E-state index contributed by atoms with van der Waals surface area (Å²) in [6.07, 6.45) is 0.892. The molecule has 1 aromatic rings. The Hall–Kier alpha value is -2.00. The summed E-state index contributed by atoms with van der Waals surface area (Å²) in [4.78, 5) is 27.1. The van der Waals surface area contributed by atoms with Crippen molar-refractivity contribution in [3.63, 3.8) is 0 Å². The van der Waals surface area contributed by atoms with Crippen molar-refractivity contribution in [1.29, 1.82) is 0 Å². The number of nitrogens with zero attached hydrogens (tertiary/aromatic N) is 4. The number of aliphatic hydroxyl groups excluding tert-OH is 2. The van der Waals surface area contributed by atoms with Gasteiger partial charge in [-0.2, -0.15) is 0 Å². The number of aromatic nitrogens is 3. The summed E-state index contributed by atoms with van der Waals surface area (Å²) >= 11 is 0. The van der Waals surface area contributed by atoms with E-state index in [0.717, 1.165) is 0 Å². The number of hydrogen-bond donors (Lipinski definition) is 3. The van der Waals surface area contributed by atoms with Crippen LogP contribution >= 0.6 is 0 Å². The topological polar surface area (TPSA) is 121 Å². The number of aliphatic hydroxyl groups is 2. The zero-order valence-electron chi connectivity index (χ0n) is 18.5. The molecule has 0 aromatic carbocycles. The first kappa shape index (κ1) is 23.3. The molecular weight excluding hydrogens is 374 g/mol. The molecular formula is C20H35N5O4. The average Bonchev–Trinajstić information content (AvgIpc) is 3.18. The molecule has 29 heavy (non-hydrogen) atoms. The van der Waals surface area contributed by atoms with Gasteiger partial charge in [0.05, 0.1) is 17.9 Å². The fourth-order valence-corrected chi connectivity index (χ4v) is 3.55. The molecule has 4 atom stereocenters. The average molecular weight is 410 g/mol. The van der Waals surface area contributed by atoms with E-state index in [9.17, 15) is 19.8 Å². The molecule has 2 heterocycles. The number of likely N-dealkylation sites (N-methyl/N-ethyl adjacent to an activating group) is 1. The Kier molecular flexibility index (Phi) is 6.74. The first-order valence-corrected chi connectivity index (χ1v) is 10.0. The number of nitrogens with one attached hydrogen (secondary N) is 1. The maximum atomic E-state index is 13.5. The summed E-state index contributed by atoms with van der Waals surface area (Å²) in [5, 5.41) is 31.3. The van der Waals surface area contributed by atoms with Gasteiger partial charge in [-0.15, -0.1) is 5.10 Å². The second kappa shape index (κ2) is 8.39. The van der Waals surface area contributed by atoms with Gasteiger partial charge in [0.25, 0.3) is 0 Å². The van der Waals surface area contributed by atoms with Gasteiger partial charge in [-0.3, -0.25) is 9.59 Å². The number of amides is 2. The molecule has 1 aliphatic heterocycles. The van der Waals surface area contributed by atoms with Crippen LogP contribution in [-0.2, 0) is 16.0 Å². The lowest BCUT2D eigenvalue weighted by Crippen LogP contribution is -2.49. The summed E-state index contributed by atoms with van der Waals surface area (Å²) < 4.78 is 1.51. The van der Waals surface area contributed by atoms with Crippen LogP contribution in [0.5, 0.6) is 0 Å². The third-order valence-corrected chi connectivity index (χ3v) is 5.39. The fourth-order valence-electron chi connectivity index (χ4n) is 3.55. The molecule has 0 bridgehead atoms. The van der Waals surface area contributed by atoms with E-state index in [1.807, 2.05) is 41.5 Å². The third-order valence-electron chi connectivity index (χ3n) is 5.39. The van der Waals surface area contributed by atoms with Crippen LogP contribution in [0.3, 0.4) is 0 Å². The minimum absolute atomic E-state index is 0.105. The van der Waals surface area contributed by atoms with Gasteiger partial charge in [0, 0.05) is 32.6 Å². The summed E-state index contributed by atoms with van der Waals surface area (Å²) in [5.41, 5.74) is -0.209. The van der Waals surface area contributed by atoms with E-state index in [2.05, 4.69) is 15.6 Å². The van der Waals surface area contributed by atoms with Gasteiger partial charge in [-0.25, -0.2) is 4.68 Å². The highest BCUT2D eigenvalue weighted by molar-refractivity contribution is 5.90. The lowest BCUT2D eigenvalue weighted by molar-refractivity contribution is -0.144. The SMILES string of the molecule is CNC(=O)[C@H]1C[C@H](O)CN1C(=O)[C@@H](n1cc(CC(O)C(C)(C)C)nn1)C(C)(C)C. The Morgan fingerprint density at radius 2 is 1.86 bits per heavy atom. The normalized spacial score (nSPS) is 22.4. The summed E-state index contributed by atoms with van der Waals surface area (Å²) in [6.45, 7) is 11.7. The number of hydrogen-bond acceptors (Lipinski definition) is 6. The fraction of sp³-hybridized carbons (Fsp3) is 0.800. The number of carbonyl (C=O) groups excluding carboxylic acids is 2. The third kappa shape index (κ3) is 5.33. The van der Waals surface area contributed by atoms with Crippen molar-refractivity contribution in [2.45, 2.75) is 78.7 Å². The zero-order chi connectivity index (χ0) is 22.1. The molecule has 1 saturated heterocycles. The van der Waals surface area contributed by atoms with Crippen molar-refractivity contribution >= 4 is 11.8 Å². The first-order chi connectivity index (χ1) is 13.3. The molecule has 9 nitrogen and oxygen atoms in total. The Balaban J connectivity index is 2.31. The lowest BCUT2D eigenvalue weighted by Gasteiger charge is -2.34. The highest BCUT2D eigenvalue weighted by Crippen LogP contribution is 2.34. The van der Waals surface area contributed by atoms with Gasteiger partial charge >= 0.3 is 0 Å². The Labute approximate surface area is 172 Å². The maximum Gasteiger partial charge on any atom is 0.248 e. The highest BCUT2D eigenvalue weighted by Gasteiger charge is 2.45. The molecule has 164 valence electrons. The van der Waals surface area contributed by atoms with E-state index in [0.29, 0.717) is 12.1 Å². The van der Waals surface area contributed by atoms with E-state index in [4.69, 9.17) is 0 Å². The first-order valence-electron chi connectivity index (χ1n) is 10.0. The summed E-state index contributed by atoms with van der Waals surface area (Å²) in [6, 6.07) is -1.41. The van der Waals surface area contributed by atoms with E-state index >= 15 is 0 Å². The van der Waals surface area contributed by atoms with Crippen LogP contribution in [0.4, 0.5) is 0 Å². The summed E-state index contributed by atoms with van der Waals surface area (Å²) in [7, 11) is 1.52. The largest absolute Gasteiger partial charge is 0.392 e. The Bertz CT molecular complexity index is 734. The highest BCUT2D eigenvalue weighted by atomic mass is 16.3. The molecule has 1 aliphatic rings. The second-order valence-electron chi connectivity index (χ2n) is 10.1. The van der Waals surface area contributed by atoms with Crippen LogP contribution in [0.25, 0.3) is 0 Å². The molecule has 2 amide bonds. The standard InChI is InChI=1S/C20H35N5O4/c1-19(2,3)15(27)8-12-10-25(23-22-12)16(20(4,5)6)18(29)24-11-13(26)9-14(24)17(28)21-7/h10,13-16,26-27H,8-9,11H2,1-7H3,(H,21,28)/t13-,14+,15?,16+/m0/s1. The van der Waals surface area contributed by atoms with Gasteiger partial charge in [-0.05, 0) is 10.8 Å². The smallest absolute Gasteiger partial charge is 0.248 e. The molecule has 1 aromatic heterocycles. The predicted molar refractivity (Wildman–Crippen MR) is 108 cm³/mol. The minimum Gasteiger partial charge on any atom is -0.392 e. The van der Waals surface area contributed by atoms with Crippen LogP contribution in [0.15, 0.2) is 6.20 Å². The van der Waals surface area contributed by atoms with Crippen LogP contribution in [0.1, 0.15) is 59.7 Å². The minimum atomic E-state index is -0.741. The van der Waals surface area contributed by atoms with E-state index in [-0.39, 0.29) is 30.2 Å². The number of likely N-dealkylation sites (tertiary alicyclic amines) is 1. The van der Waals surface area contributed by atoms with Crippen molar-refractivity contribution in [3.05, 3.63) is 11.9 Å². The molecule has 0 radical (unpaired) electrons. The number of carbonyl (C=O) groups is 2. The van der Waals surface area contributed by atoms with Gasteiger partial charge < -0.3 is 20.4 Å². The van der Waals surface area contributed by atoms with Gasteiger partial charge in [0.15, 0.2) is 0 Å². The molecule has 0 aliphatic carbocycles. The van der Waals surface area contributed by atoms with Crippen molar-refractivity contribution in [2.75, 3.05) is 13.6 Å². The summed E-state index contributed by atoms with van der Waals surface area (Å²) in [5.74, 6) is -0.578. The van der Waals surface area contributed by atoms with Crippen LogP contribution in [0, 0.1) is 10.8 Å². The number of rotatable bonds is 5. The molecule has 3 N–H and O–H groups in total. The van der Waals surface area contributed by atoms with E-state index in [1.54, 1.807) is 6.20 Å². The van der Waals surface area contributed by atoms with E-state index in [1.165, 1.54) is 16.6 Å². The van der Waals surface area contributed by atoms with Crippen molar-refractivity contribution in [2.24, 2.45) is 10.8 Å². The van der Waals surface area contributed by atoms with E-state index < -0.39 is 29.7 Å². The number of β-amino-alcohol motifs (C(OH)–C–C–N with tert-alkyl or cyclic N) is 1. The molecule has 0 spiro atoms. The quantitative estimate of drug-likeness (QED) is 0.652. The molecule has 1 fully saturated rings. The second-order valence-corrected chi connectivity index (χ2v) is 10.1. The maximum absolute atomic E-state index is 13.5. The lowest BCUT2D eigenvalue weighted by atomic mass is 9.85. The van der Waals surface area contributed by atoms with Crippen molar-refractivity contribution in [3.8, 4) is 0 Å². The van der Waals surface area contributed by atoms with Crippen LogP contribution in [-0.4, -0.2) is 73.8 Å². The molecule has 1 unspecified atom stereocenters. The predicted octanol–water partition coefficient (Wildman–Crippen LogP) is 0.523.